The predicted molar refractivity (Wildman–Crippen MR) is 113 cm³/mol. The number of hydrogen-bond acceptors (Lipinski definition) is 6. The molecule has 5 rings (SSSR count). The van der Waals surface area contributed by atoms with Crippen LogP contribution in [-0.4, -0.2) is 51.6 Å². The summed E-state index contributed by atoms with van der Waals surface area (Å²) in [6.45, 7) is 8.23. The molecule has 2 fully saturated rings. The second kappa shape index (κ2) is 7.44. The second-order valence-corrected chi connectivity index (χ2v) is 8.38. The van der Waals surface area contributed by atoms with E-state index in [1.807, 2.05) is 25.7 Å². The third-order valence-electron chi connectivity index (χ3n) is 6.65. The highest BCUT2D eigenvalue weighted by molar-refractivity contribution is 6.01. The zero-order valence-electron chi connectivity index (χ0n) is 17.8. The molecular weight excluding hydrogens is 397 g/mol. The minimum absolute atomic E-state index is 0.0533. The first kappa shape index (κ1) is 19.7. The van der Waals surface area contributed by atoms with E-state index in [2.05, 4.69) is 20.0 Å². The average Bonchev–Trinajstić information content (AvgIpc) is 3.26. The fourth-order valence-corrected chi connectivity index (χ4v) is 4.56. The molecule has 1 aromatic carbocycles. The monoisotopic (exact) mass is 421 g/mol. The van der Waals surface area contributed by atoms with Gasteiger partial charge < -0.3 is 14.3 Å². The highest BCUT2D eigenvalue weighted by atomic mass is 19.1. The van der Waals surface area contributed by atoms with Crippen molar-refractivity contribution in [3.63, 3.8) is 0 Å². The van der Waals surface area contributed by atoms with Gasteiger partial charge in [0.15, 0.2) is 5.76 Å². The standard InChI is InChI=1S/C23H24FN5O2/c1-13-14(2)26-23(27-15(13)3)28-10-8-16-11-29(19(16)12-28)22(30)17-5-4-6-18(24)21(17)20-7-9-25-31-20/h4-7,9,16,19H,8,10-12H2,1-3H3/t16-,19-/m1/s1. The first-order valence-electron chi connectivity index (χ1n) is 10.5. The quantitative estimate of drug-likeness (QED) is 0.644. The Kier molecular flexibility index (Phi) is 4.72. The zero-order chi connectivity index (χ0) is 21.7. The highest BCUT2D eigenvalue weighted by Gasteiger charge is 2.46. The molecule has 0 radical (unpaired) electrons. The zero-order valence-corrected chi connectivity index (χ0v) is 17.8. The third kappa shape index (κ3) is 3.26. The molecule has 160 valence electrons. The van der Waals surface area contributed by atoms with E-state index in [4.69, 9.17) is 4.52 Å². The van der Waals surface area contributed by atoms with E-state index in [1.54, 1.807) is 18.2 Å². The summed E-state index contributed by atoms with van der Waals surface area (Å²) in [5.74, 6) is 0.722. The Labute approximate surface area is 179 Å². The molecule has 2 atom stereocenters. The maximum atomic E-state index is 14.6. The number of carbonyl (C=O) groups is 1. The molecule has 0 saturated carbocycles. The first-order valence-corrected chi connectivity index (χ1v) is 10.5. The SMILES string of the molecule is Cc1nc(N2CC[C@@H]3CN(C(=O)c4cccc(F)c4-c4ccno4)[C@@H]3C2)nc(C)c1C. The molecule has 31 heavy (non-hydrogen) atoms. The van der Waals surface area contributed by atoms with Gasteiger partial charge in [0.2, 0.25) is 5.95 Å². The van der Waals surface area contributed by atoms with Gasteiger partial charge in [0.1, 0.15) is 5.82 Å². The van der Waals surface area contributed by atoms with Crippen LogP contribution in [0.2, 0.25) is 0 Å². The number of amides is 1. The summed E-state index contributed by atoms with van der Waals surface area (Å²) in [4.78, 5) is 26.7. The van der Waals surface area contributed by atoms with Gasteiger partial charge in [-0.1, -0.05) is 11.2 Å². The van der Waals surface area contributed by atoms with Crippen molar-refractivity contribution >= 4 is 11.9 Å². The molecule has 0 N–H and O–H groups in total. The van der Waals surface area contributed by atoms with E-state index >= 15 is 0 Å². The summed E-state index contributed by atoms with van der Waals surface area (Å²) in [6, 6.07) is 6.15. The number of nitrogens with zero attached hydrogens (tertiary/aromatic N) is 5. The smallest absolute Gasteiger partial charge is 0.255 e. The summed E-state index contributed by atoms with van der Waals surface area (Å²) in [5, 5.41) is 3.66. The van der Waals surface area contributed by atoms with Crippen LogP contribution in [0.1, 0.15) is 33.7 Å². The molecule has 0 spiro atoms. The van der Waals surface area contributed by atoms with Crippen LogP contribution in [0.15, 0.2) is 35.0 Å². The first-order chi connectivity index (χ1) is 14.9. The third-order valence-corrected chi connectivity index (χ3v) is 6.65. The van der Waals surface area contributed by atoms with Gasteiger partial charge in [0.05, 0.1) is 23.4 Å². The van der Waals surface area contributed by atoms with Gasteiger partial charge in [-0.2, -0.15) is 0 Å². The molecule has 0 aliphatic carbocycles. The molecule has 1 amide bonds. The number of aromatic nitrogens is 3. The Morgan fingerprint density at radius 1 is 1.13 bits per heavy atom. The maximum absolute atomic E-state index is 14.6. The van der Waals surface area contributed by atoms with E-state index < -0.39 is 5.82 Å². The van der Waals surface area contributed by atoms with Crippen molar-refractivity contribution in [2.75, 3.05) is 24.5 Å². The minimum atomic E-state index is -0.496. The van der Waals surface area contributed by atoms with E-state index in [0.29, 0.717) is 30.5 Å². The van der Waals surface area contributed by atoms with Gasteiger partial charge >= 0.3 is 0 Å². The van der Waals surface area contributed by atoms with Crippen molar-refractivity contribution in [3.8, 4) is 11.3 Å². The summed E-state index contributed by atoms with van der Waals surface area (Å²) in [7, 11) is 0. The van der Waals surface area contributed by atoms with E-state index in [0.717, 1.165) is 29.9 Å². The lowest BCUT2D eigenvalue weighted by molar-refractivity contribution is 0.00769. The van der Waals surface area contributed by atoms with Crippen molar-refractivity contribution in [2.45, 2.75) is 33.2 Å². The Morgan fingerprint density at radius 3 is 2.61 bits per heavy atom. The fourth-order valence-electron chi connectivity index (χ4n) is 4.56. The fraction of sp³-hybridized carbons (Fsp3) is 0.391. The molecular formula is C23H24FN5O2. The molecule has 2 saturated heterocycles. The van der Waals surface area contributed by atoms with Crippen molar-refractivity contribution in [1.82, 2.24) is 20.0 Å². The van der Waals surface area contributed by atoms with Crippen LogP contribution in [0, 0.1) is 32.5 Å². The van der Waals surface area contributed by atoms with Crippen LogP contribution >= 0.6 is 0 Å². The normalized spacial score (nSPS) is 20.4. The van der Waals surface area contributed by atoms with E-state index in [9.17, 15) is 9.18 Å². The van der Waals surface area contributed by atoms with Crippen molar-refractivity contribution in [2.24, 2.45) is 5.92 Å². The Hall–Kier alpha value is -3.29. The lowest BCUT2D eigenvalue weighted by Gasteiger charge is -2.53. The molecule has 3 aromatic rings. The molecule has 8 heteroatoms. The van der Waals surface area contributed by atoms with E-state index in [-0.39, 0.29) is 23.3 Å². The maximum Gasteiger partial charge on any atom is 0.255 e. The largest absolute Gasteiger partial charge is 0.356 e. The van der Waals surface area contributed by atoms with Crippen LogP contribution in [0.3, 0.4) is 0 Å². The molecule has 2 aliphatic rings. The molecule has 0 unspecified atom stereocenters. The van der Waals surface area contributed by atoms with E-state index in [1.165, 1.54) is 12.3 Å². The van der Waals surface area contributed by atoms with Gasteiger partial charge in [-0.3, -0.25) is 4.79 Å². The highest BCUT2D eigenvalue weighted by Crippen LogP contribution is 2.37. The van der Waals surface area contributed by atoms with Gasteiger partial charge in [0.25, 0.3) is 5.91 Å². The molecule has 7 nitrogen and oxygen atoms in total. The number of fused-ring (bicyclic) bond motifs is 1. The Morgan fingerprint density at radius 2 is 1.90 bits per heavy atom. The number of aryl methyl sites for hydroxylation is 2. The Bertz CT molecular complexity index is 1120. The molecule has 2 aliphatic heterocycles. The molecule has 4 heterocycles. The van der Waals surface area contributed by atoms with Gasteiger partial charge in [-0.05, 0) is 44.9 Å². The number of carbonyl (C=O) groups excluding carboxylic acids is 1. The van der Waals surface area contributed by atoms with Crippen LogP contribution in [0.25, 0.3) is 11.3 Å². The summed E-state index contributed by atoms with van der Waals surface area (Å²) in [5.41, 5.74) is 3.51. The summed E-state index contributed by atoms with van der Waals surface area (Å²) < 4.78 is 19.8. The molecule has 2 aromatic heterocycles. The molecule has 0 bridgehead atoms. The predicted octanol–water partition coefficient (Wildman–Crippen LogP) is 3.55. The number of rotatable bonds is 3. The van der Waals surface area contributed by atoms with Gasteiger partial charge in [0, 0.05) is 43.0 Å². The van der Waals surface area contributed by atoms with Crippen molar-refractivity contribution in [1.29, 1.82) is 0 Å². The number of piperidine rings is 1. The Balaban J connectivity index is 1.40. The number of halogens is 1. The lowest BCUT2D eigenvalue weighted by Crippen LogP contribution is -2.66. The lowest BCUT2D eigenvalue weighted by atomic mass is 9.81. The van der Waals surface area contributed by atoms with Gasteiger partial charge in [-0.15, -0.1) is 0 Å². The number of likely N-dealkylation sites (tertiary alicyclic amines) is 1. The summed E-state index contributed by atoms with van der Waals surface area (Å²) >= 11 is 0. The summed E-state index contributed by atoms with van der Waals surface area (Å²) in [6.07, 6.45) is 2.42. The second-order valence-electron chi connectivity index (χ2n) is 8.38. The van der Waals surface area contributed by atoms with Crippen LogP contribution < -0.4 is 4.90 Å². The van der Waals surface area contributed by atoms with Crippen LogP contribution in [-0.2, 0) is 0 Å². The average molecular weight is 421 g/mol. The number of anilines is 1. The van der Waals surface area contributed by atoms with Crippen molar-refractivity contribution in [3.05, 3.63) is 58.8 Å². The van der Waals surface area contributed by atoms with Crippen LogP contribution in [0.4, 0.5) is 10.3 Å². The van der Waals surface area contributed by atoms with Crippen molar-refractivity contribution < 1.29 is 13.7 Å². The van der Waals surface area contributed by atoms with Gasteiger partial charge in [-0.25, -0.2) is 14.4 Å². The number of benzene rings is 1. The minimum Gasteiger partial charge on any atom is -0.356 e. The number of hydrogen-bond donors (Lipinski definition) is 0. The van der Waals surface area contributed by atoms with Crippen LogP contribution in [0.5, 0.6) is 0 Å². The topological polar surface area (TPSA) is 75.4 Å².